The van der Waals surface area contributed by atoms with Crippen LogP contribution in [0.3, 0.4) is 0 Å². The zero-order valence-corrected chi connectivity index (χ0v) is 10.3. The van der Waals surface area contributed by atoms with E-state index in [1.54, 1.807) is 24.5 Å². The third kappa shape index (κ3) is 2.15. The van der Waals surface area contributed by atoms with Gasteiger partial charge in [0.25, 0.3) is 0 Å². The Morgan fingerprint density at radius 1 is 1.50 bits per heavy atom. The molecule has 0 aliphatic carbocycles. The number of hydrogen-bond donors (Lipinski definition) is 1. The number of aromatic nitrogens is 2. The predicted molar refractivity (Wildman–Crippen MR) is 63.8 cm³/mol. The molecule has 1 atom stereocenters. The molecule has 0 bridgehead atoms. The summed E-state index contributed by atoms with van der Waals surface area (Å²) in [6, 6.07) is 4.75. The zero-order valence-electron chi connectivity index (χ0n) is 8.69. The van der Waals surface area contributed by atoms with Crippen LogP contribution in [0, 0.1) is 5.82 Å². The molecule has 0 saturated carbocycles. The van der Waals surface area contributed by atoms with Crippen LogP contribution in [0.15, 0.2) is 35.1 Å². The van der Waals surface area contributed by atoms with Crippen LogP contribution in [0.4, 0.5) is 4.39 Å². The van der Waals surface area contributed by atoms with Gasteiger partial charge in [-0.05, 0) is 40.5 Å². The zero-order chi connectivity index (χ0) is 11.7. The van der Waals surface area contributed by atoms with E-state index in [2.05, 4.69) is 21.0 Å². The van der Waals surface area contributed by atoms with Crippen LogP contribution in [0.25, 0.3) is 5.69 Å². The monoisotopic (exact) mass is 283 g/mol. The SMILES string of the molecule is C[C@H](N)c1ccc(-n2cc(Br)cn2)c(F)c1. The van der Waals surface area contributed by atoms with E-state index >= 15 is 0 Å². The van der Waals surface area contributed by atoms with Gasteiger partial charge in [0.15, 0.2) is 0 Å². The minimum absolute atomic E-state index is 0.173. The van der Waals surface area contributed by atoms with Gasteiger partial charge in [0.2, 0.25) is 0 Å². The van der Waals surface area contributed by atoms with Gasteiger partial charge in [-0.3, -0.25) is 0 Å². The van der Waals surface area contributed by atoms with E-state index in [9.17, 15) is 4.39 Å². The van der Waals surface area contributed by atoms with E-state index in [4.69, 9.17) is 5.73 Å². The summed E-state index contributed by atoms with van der Waals surface area (Å²) < 4.78 is 16.1. The van der Waals surface area contributed by atoms with Crippen molar-refractivity contribution >= 4 is 15.9 Å². The predicted octanol–water partition coefficient (Wildman–Crippen LogP) is 2.79. The number of hydrogen-bond acceptors (Lipinski definition) is 2. The van der Waals surface area contributed by atoms with Crippen LogP contribution in [0.5, 0.6) is 0 Å². The van der Waals surface area contributed by atoms with Crippen molar-refractivity contribution in [3.05, 3.63) is 46.4 Å². The minimum Gasteiger partial charge on any atom is -0.324 e. The van der Waals surface area contributed by atoms with Crippen molar-refractivity contribution in [1.29, 1.82) is 0 Å². The number of halogens is 2. The Bertz CT molecular complexity index is 508. The van der Waals surface area contributed by atoms with Crippen LogP contribution >= 0.6 is 15.9 Å². The highest BCUT2D eigenvalue weighted by atomic mass is 79.9. The molecule has 16 heavy (non-hydrogen) atoms. The number of nitrogens with two attached hydrogens (primary N) is 1. The van der Waals surface area contributed by atoms with E-state index in [-0.39, 0.29) is 11.9 Å². The summed E-state index contributed by atoms with van der Waals surface area (Å²) in [4.78, 5) is 0. The average molecular weight is 284 g/mol. The smallest absolute Gasteiger partial charge is 0.149 e. The maximum atomic E-state index is 13.8. The van der Waals surface area contributed by atoms with Gasteiger partial charge in [-0.1, -0.05) is 6.07 Å². The summed E-state index contributed by atoms with van der Waals surface area (Å²) in [5, 5.41) is 4.02. The van der Waals surface area contributed by atoms with E-state index in [1.165, 1.54) is 10.7 Å². The highest BCUT2D eigenvalue weighted by Gasteiger charge is 2.08. The van der Waals surface area contributed by atoms with Crippen molar-refractivity contribution in [3.8, 4) is 5.69 Å². The van der Waals surface area contributed by atoms with Gasteiger partial charge >= 0.3 is 0 Å². The molecule has 0 amide bonds. The van der Waals surface area contributed by atoms with Gasteiger partial charge < -0.3 is 5.73 Å². The quantitative estimate of drug-likeness (QED) is 0.921. The Labute approximate surface area is 101 Å². The second kappa shape index (κ2) is 4.35. The summed E-state index contributed by atoms with van der Waals surface area (Å²) in [6.07, 6.45) is 3.31. The second-order valence-electron chi connectivity index (χ2n) is 3.60. The summed E-state index contributed by atoms with van der Waals surface area (Å²) in [5.74, 6) is -0.328. The first-order valence-electron chi connectivity index (χ1n) is 4.83. The fourth-order valence-electron chi connectivity index (χ4n) is 1.42. The highest BCUT2D eigenvalue weighted by Crippen LogP contribution is 2.19. The molecule has 0 spiro atoms. The van der Waals surface area contributed by atoms with Crippen molar-refractivity contribution in [3.63, 3.8) is 0 Å². The molecular weight excluding hydrogens is 273 g/mol. The summed E-state index contributed by atoms with van der Waals surface area (Å²) >= 11 is 3.27. The molecule has 0 aliphatic rings. The van der Waals surface area contributed by atoms with Crippen LogP contribution in [-0.2, 0) is 0 Å². The highest BCUT2D eigenvalue weighted by molar-refractivity contribution is 9.10. The summed E-state index contributed by atoms with van der Waals surface area (Å²) in [5.41, 5.74) is 6.86. The Morgan fingerprint density at radius 2 is 2.25 bits per heavy atom. The number of rotatable bonds is 2. The van der Waals surface area contributed by atoms with Gasteiger partial charge in [-0.2, -0.15) is 5.10 Å². The minimum atomic E-state index is -0.328. The molecule has 2 N–H and O–H groups in total. The average Bonchev–Trinajstić information content (AvgIpc) is 2.64. The lowest BCUT2D eigenvalue weighted by Crippen LogP contribution is -2.06. The van der Waals surface area contributed by atoms with Crippen molar-refractivity contribution in [2.45, 2.75) is 13.0 Å². The largest absolute Gasteiger partial charge is 0.324 e. The van der Waals surface area contributed by atoms with Crippen molar-refractivity contribution in [2.24, 2.45) is 5.73 Å². The molecule has 1 aromatic carbocycles. The van der Waals surface area contributed by atoms with Crippen molar-refractivity contribution < 1.29 is 4.39 Å². The third-order valence-corrected chi connectivity index (χ3v) is 2.70. The Kier molecular flexibility index (Phi) is 3.07. The van der Waals surface area contributed by atoms with Gasteiger partial charge in [0, 0.05) is 12.2 Å². The topological polar surface area (TPSA) is 43.8 Å². The summed E-state index contributed by atoms with van der Waals surface area (Å²) in [7, 11) is 0. The van der Waals surface area contributed by atoms with Crippen molar-refractivity contribution in [1.82, 2.24) is 9.78 Å². The van der Waals surface area contributed by atoms with Gasteiger partial charge in [0.1, 0.15) is 11.5 Å². The molecule has 3 nitrogen and oxygen atoms in total. The lowest BCUT2D eigenvalue weighted by Gasteiger charge is -2.08. The molecular formula is C11H11BrFN3. The van der Waals surface area contributed by atoms with Crippen molar-refractivity contribution in [2.75, 3.05) is 0 Å². The first-order chi connectivity index (χ1) is 7.58. The molecule has 5 heteroatoms. The first-order valence-corrected chi connectivity index (χ1v) is 5.63. The maximum Gasteiger partial charge on any atom is 0.149 e. The molecule has 0 unspecified atom stereocenters. The van der Waals surface area contributed by atoms with Crippen LogP contribution in [0.2, 0.25) is 0 Å². The van der Waals surface area contributed by atoms with E-state index in [0.717, 1.165) is 10.0 Å². The Balaban J connectivity index is 2.44. The van der Waals surface area contributed by atoms with Gasteiger partial charge in [-0.25, -0.2) is 9.07 Å². The second-order valence-corrected chi connectivity index (χ2v) is 4.52. The van der Waals surface area contributed by atoms with Crippen LogP contribution < -0.4 is 5.73 Å². The number of benzene rings is 1. The third-order valence-electron chi connectivity index (χ3n) is 2.30. The molecule has 1 aromatic heterocycles. The summed E-state index contributed by atoms with van der Waals surface area (Å²) in [6.45, 7) is 1.82. The van der Waals surface area contributed by atoms with Gasteiger partial charge in [0.05, 0.1) is 10.7 Å². The Hall–Kier alpha value is -1.20. The van der Waals surface area contributed by atoms with Crippen LogP contribution in [-0.4, -0.2) is 9.78 Å². The lowest BCUT2D eigenvalue weighted by molar-refractivity contribution is 0.606. The molecule has 0 radical (unpaired) electrons. The van der Waals surface area contributed by atoms with Gasteiger partial charge in [-0.15, -0.1) is 0 Å². The molecule has 84 valence electrons. The molecule has 1 heterocycles. The normalized spacial score (nSPS) is 12.8. The fourth-order valence-corrected chi connectivity index (χ4v) is 1.71. The Morgan fingerprint density at radius 3 is 2.75 bits per heavy atom. The maximum absolute atomic E-state index is 13.8. The fraction of sp³-hybridized carbons (Fsp3) is 0.182. The standard InChI is InChI=1S/C11H11BrFN3/c1-7(14)8-2-3-11(10(13)4-8)16-6-9(12)5-15-16/h2-7H,14H2,1H3/t7-/m0/s1. The lowest BCUT2D eigenvalue weighted by atomic mass is 10.1. The molecule has 2 rings (SSSR count). The molecule has 0 saturated heterocycles. The molecule has 0 aliphatic heterocycles. The van der Waals surface area contributed by atoms with E-state index in [0.29, 0.717) is 5.69 Å². The molecule has 0 fully saturated rings. The van der Waals surface area contributed by atoms with E-state index < -0.39 is 0 Å². The molecule has 2 aromatic rings. The first kappa shape index (κ1) is 11.3. The number of nitrogens with zero attached hydrogens (tertiary/aromatic N) is 2. The van der Waals surface area contributed by atoms with E-state index in [1.807, 2.05) is 6.92 Å². The van der Waals surface area contributed by atoms with Crippen LogP contribution in [0.1, 0.15) is 18.5 Å².